The van der Waals surface area contributed by atoms with Crippen LogP contribution in [0.4, 0.5) is 4.39 Å². The summed E-state index contributed by atoms with van der Waals surface area (Å²) in [4.78, 5) is 13.2. The summed E-state index contributed by atoms with van der Waals surface area (Å²) in [6, 6.07) is 8.23. The molecule has 5 nitrogen and oxygen atoms in total. The van der Waals surface area contributed by atoms with Gasteiger partial charge in [-0.15, -0.1) is 0 Å². The molecule has 0 aliphatic heterocycles. The number of hydrogen-bond donors (Lipinski definition) is 2. The Morgan fingerprint density at radius 2 is 2.15 bits per heavy atom. The monoisotopic (exact) mass is 277 g/mol. The van der Waals surface area contributed by atoms with Gasteiger partial charge in [0.2, 0.25) is 0 Å². The van der Waals surface area contributed by atoms with Gasteiger partial charge in [-0.3, -0.25) is 15.1 Å². The summed E-state index contributed by atoms with van der Waals surface area (Å²) in [5, 5.41) is 0. The molecule has 1 heterocycles. The van der Waals surface area contributed by atoms with Crippen LogP contribution in [0, 0.1) is 5.82 Å². The fourth-order valence-corrected chi connectivity index (χ4v) is 1.91. The van der Waals surface area contributed by atoms with Gasteiger partial charge in [0.15, 0.2) is 0 Å². The van der Waals surface area contributed by atoms with Gasteiger partial charge in [0, 0.05) is 12.1 Å². The maximum Gasteiger partial charge on any atom is 0.268 e. The molecule has 0 fully saturated rings. The Balaban J connectivity index is 1.98. The fourth-order valence-electron chi connectivity index (χ4n) is 1.91. The first-order valence-corrected chi connectivity index (χ1v) is 6.10. The smallest absolute Gasteiger partial charge is 0.268 e. The van der Waals surface area contributed by atoms with Crippen molar-refractivity contribution in [3.05, 3.63) is 59.3 Å². The van der Waals surface area contributed by atoms with Crippen LogP contribution < -0.4 is 11.3 Å². The lowest BCUT2D eigenvalue weighted by atomic mass is 10.2. The van der Waals surface area contributed by atoms with Crippen LogP contribution >= 0.6 is 0 Å². The Kier molecular flexibility index (Phi) is 4.49. The molecule has 0 radical (unpaired) electrons. The topological polar surface area (TPSA) is 71.5 Å². The van der Waals surface area contributed by atoms with E-state index >= 15 is 0 Å². The molecule has 2 aromatic rings. The molecular weight excluding hydrogens is 261 g/mol. The van der Waals surface area contributed by atoms with E-state index in [0.29, 0.717) is 30.0 Å². The van der Waals surface area contributed by atoms with E-state index in [1.165, 1.54) is 12.3 Å². The molecule has 0 aliphatic carbocycles. The van der Waals surface area contributed by atoms with Crippen LogP contribution in [0.15, 0.2) is 41.0 Å². The zero-order valence-electron chi connectivity index (χ0n) is 11.1. The van der Waals surface area contributed by atoms with Gasteiger partial charge in [-0.25, -0.2) is 10.2 Å². The molecule has 1 aromatic heterocycles. The number of nitrogens with one attached hydrogen (secondary N) is 1. The number of nitrogens with zero attached hydrogens (tertiary/aromatic N) is 1. The van der Waals surface area contributed by atoms with Gasteiger partial charge in [-0.2, -0.15) is 0 Å². The predicted molar refractivity (Wildman–Crippen MR) is 71.9 cm³/mol. The number of furan rings is 1. The van der Waals surface area contributed by atoms with Crippen molar-refractivity contribution in [3.8, 4) is 0 Å². The second-order valence-electron chi connectivity index (χ2n) is 4.54. The Bertz CT molecular complexity index is 598. The second-order valence-corrected chi connectivity index (χ2v) is 4.54. The molecule has 0 spiro atoms. The van der Waals surface area contributed by atoms with Gasteiger partial charge < -0.3 is 4.42 Å². The Hall–Kier alpha value is -2.18. The molecule has 0 saturated carbocycles. The van der Waals surface area contributed by atoms with Crippen LogP contribution in [0.25, 0.3) is 0 Å². The van der Waals surface area contributed by atoms with Gasteiger partial charge in [-0.1, -0.05) is 18.2 Å². The minimum atomic E-state index is -0.406. The summed E-state index contributed by atoms with van der Waals surface area (Å²) in [6.07, 6.45) is 1.34. The van der Waals surface area contributed by atoms with E-state index in [-0.39, 0.29) is 5.82 Å². The molecular formula is C14H16FN3O2. The highest BCUT2D eigenvalue weighted by molar-refractivity contribution is 5.93. The van der Waals surface area contributed by atoms with E-state index in [2.05, 4.69) is 0 Å². The van der Waals surface area contributed by atoms with Crippen LogP contribution in [0.5, 0.6) is 0 Å². The van der Waals surface area contributed by atoms with Crippen molar-refractivity contribution >= 4 is 5.91 Å². The average molecular weight is 277 g/mol. The summed E-state index contributed by atoms with van der Waals surface area (Å²) >= 11 is 0. The first-order chi connectivity index (χ1) is 9.60. The third-order valence-corrected chi connectivity index (χ3v) is 2.87. The van der Waals surface area contributed by atoms with E-state index in [1.807, 2.05) is 17.4 Å². The molecule has 1 aromatic carbocycles. The van der Waals surface area contributed by atoms with Crippen molar-refractivity contribution in [1.82, 2.24) is 10.3 Å². The molecule has 0 saturated heterocycles. The largest absolute Gasteiger partial charge is 0.467 e. The number of carbonyl (C=O) groups is 1. The Morgan fingerprint density at radius 1 is 1.40 bits per heavy atom. The summed E-state index contributed by atoms with van der Waals surface area (Å²) in [6.45, 7) is 0.915. The highest BCUT2D eigenvalue weighted by atomic mass is 19.1. The lowest BCUT2D eigenvalue weighted by molar-refractivity contribution is 0.0953. The lowest BCUT2D eigenvalue weighted by Gasteiger charge is -2.15. The Labute approximate surface area is 116 Å². The maximum atomic E-state index is 13.5. The van der Waals surface area contributed by atoms with Crippen LogP contribution in [0.2, 0.25) is 0 Å². The second kappa shape index (κ2) is 6.31. The third-order valence-electron chi connectivity index (χ3n) is 2.87. The number of halogens is 1. The molecule has 20 heavy (non-hydrogen) atoms. The van der Waals surface area contributed by atoms with E-state index in [4.69, 9.17) is 10.3 Å². The number of rotatable bonds is 5. The molecule has 0 aliphatic rings. The summed E-state index contributed by atoms with van der Waals surface area (Å²) in [7, 11) is 1.84. The molecule has 106 valence electrons. The molecule has 3 N–H and O–H groups in total. The van der Waals surface area contributed by atoms with Gasteiger partial charge in [0.25, 0.3) is 5.91 Å². The minimum absolute atomic E-state index is 0.234. The van der Waals surface area contributed by atoms with Crippen molar-refractivity contribution < 1.29 is 13.6 Å². The number of benzene rings is 1. The summed E-state index contributed by atoms with van der Waals surface area (Å²) in [5.74, 6) is 5.01. The quantitative estimate of drug-likeness (QED) is 0.495. The van der Waals surface area contributed by atoms with E-state index in [9.17, 15) is 9.18 Å². The zero-order valence-corrected chi connectivity index (χ0v) is 11.1. The summed E-state index contributed by atoms with van der Waals surface area (Å²) in [5.41, 5.74) is 3.01. The molecule has 0 atom stereocenters. The van der Waals surface area contributed by atoms with Crippen molar-refractivity contribution in [2.24, 2.45) is 5.84 Å². The van der Waals surface area contributed by atoms with E-state index < -0.39 is 5.91 Å². The number of hydrogen-bond acceptors (Lipinski definition) is 4. The summed E-state index contributed by atoms with van der Waals surface area (Å²) < 4.78 is 18.8. The van der Waals surface area contributed by atoms with E-state index in [0.717, 1.165) is 0 Å². The zero-order chi connectivity index (χ0) is 14.5. The predicted octanol–water partition coefficient (Wildman–Crippen LogP) is 1.65. The standard InChI is InChI=1S/C14H16FN3O2/c1-18(7-10-4-2-3-5-13(10)15)8-12-6-11(9-20-12)14(19)17-16/h2-6,9H,7-8,16H2,1H3,(H,17,19). The fraction of sp³-hybridized carbons (Fsp3) is 0.214. The maximum absolute atomic E-state index is 13.5. The average Bonchev–Trinajstić information content (AvgIpc) is 2.89. The number of nitrogens with two attached hydrogens (primary N) is 1. The molecule has 0 unspecified atom stereocenters. The van der Waals surface area contributed by atoms with Crippen LogP contribution in [0.1, 0.15) is 21.7 Å². The van der Waals surface area contributed by atoms with Gasteiger partial charge in [-0.05, 0) is 19.2 Å². The molecule has 2 rings (SSSR count). The first-order valence-electron chi connectivity index (χ1n) is 6.10. The first kappa shape index (κ1) is 14.2. The minimum Gasteiger partial charge on any atom is -0.467 e. The van der Waals surface area contributed by atoms with Crippen LogP contribution in [-0.2, 0) is 13.1 Å². The number of amides is 1. The third kappa shape index (κ3) is 3.43. The van der Waals surface area contributed by atoms with Crippen molar-refractivity contribution in [3.63, 3.8) is 0 Å². The SMILES string of the molecule is CN(Cc1cc(C(=O)NN)co1)Cc1ccccc1F. The van der Waals surface area contributed by atoms with Crippen LogP contribution in [-0.4, -0.2) is 17.9 Å². The highest BCUT2D eigenvalue weighted by Gasteiger charge is 2.11. The van der Waals surface area contributed by atoms with Crippen molar-refractivity contribution in [2.75, 3.05) is 7.05 Å². The Morgan fingerprint density at radius 3 is 2.85 bits per heavy atom. The number of nitrogen functional groups attached to an aromatic ring is 1. The van der Waals surface area contributed by atoms with E-state index in [1.54, 1.807) is 24.3 Å². The van der Waals surface area contributed by atoms with Crippen molar-refractivity contribution in [1.29, 1.82) is 0 Å². The normalized spacial score (nSPS) is 10.8. The highest BCUT2D eigenvalue weighted by Crippen LogP contribution is 2.13. The van der Waals surface area contributed by atoms with Gasteiger partial charge in [0.1, 0.15) is 17.8 Å². The number of carbonyl (C=O) groups excluding carboxylic acids is 1. The van der Waals surface area contributed by atoms with Gasteiger partial charge in [0.05, 0.1) is 12.1 Å². The van der Waals surface area contributed by atoms with Crippen LogP contribution in [0.3, 0.4) is 0 Å². The molecule has 1 amide bonds. The molecule has 6 heteroatoms. The molecule has 0 bridgehead atoms. The van der Waals surface area contributed by atoms with Crippen molar-refractivity contribution in [2.45, 2.75) is 13.1 Å². The lowest BCUT2D eigenvalue weighted by Crippen LogP contribution is -2.29. The number of hydrazine groups is 1. The van der Waals surface area contributed by atoms with Gasteiger partial charge >= 0.3 is 0 Å².